The van der Waals surface area contributed by atoms with E-state index in [4.69, 9.17) is 4.74 Å². The molecule has 0 radical (unpaired) electrons. The van der Waals surface area contributed by atoms with Crippen molar-refractivity contribution in [2.45, 2.75) is 58.1 Å². The molecule has 0 bridgehead atoms. The first-order valence-electron chi connectivity index (χ1n) is 10.1. The molecule has 6 nitrogen and oxygen atoms in total. The molecule has 1 aliphatic carbocycles. The number of ether oxygens (including phenoxy) is 1. The Morgan fingerprint density at radius 1 is 1.21 bits per heavy atom. The van der Waals surface area contributed by atoms with E-state index in [2.05, 4.69) is 4.98 Å². The number of likely N-dealkylation sites (tertiary alicyclic amines) is 1. The summed E-state index contributed by atoms with van der Waals surface area (Å²) >= 11 is 0. The third kappa shape index (κ3) is 3.32. The van der Waals surface area contributed by atoms with Crippen LogP contribution in [0.1, 0.15) is 55.1 Å². The number of carbonyl (C=O) groups is 3. The summed E-state index contributed by atoms with van der Waals surface area (Å²) in [7, 11) is 0. The van der Waals surface area contributed by atoms with Gasteiger partial charge in [0, 0.05) is 41.2 Å². The predicted octanol–water partition coefficient (Wildman–Crippen LogP) is 3.38. The Balaban J connectivity index is 1.43. The van der Waals surface area contributed by atoms with Gasteiger partial charge in [-0.1, -0.05) is 31.0 Å². The van der Waals surface area contributed by atoms with Crippen molar-refractivity contribution in [2.24, 2.45) is 5.92 Å². The second-order valence-corrected chi connectivity index (χ2v) is 8.00. The average molecular weight is 382 g/mol. The maximum atomic E-state index is 13.0. The highest BCUT2D eigenvalue weighted by Crippen LogP contribution is 2.30. The monoisotopic (exact) mass is 382 g/mol. The average Bonchev–Trinajstić information content (AvgIpc) is 3.38. The number of carbonyl (C=O) groups excluding carboxylic acids is 3. The lowest BCUT2D eigenvalue weighted by atomic mass is 10.0. The van der Waals surface area contributed by atoms with Crippen molar-refractivity contribution in [3.05, 3.63) is 35.5 Å². The standard InChI is InChI=1S/C22H26N2O4/c1-13-20(17-9-5-6-10-18(17)23-13)21(26)14(2)28-22(27)15-11-19(25)24(12-15)16-7-3-4-8-16/h5-6,9-10,14-16,23H,3-4,7-8,11-12H2,1-2H3/t14-,15+/m1/s1. The van der Waals surface area contributed by atoms with E-state index in [1.807, 2.05) is 36.1 Å². The summed E-state index contributed by atoms with van der Waals surface area (Å²) in [5, 5.41) is 0.830. The predicted molar refractivity (Wildman–Crippen MR) is 105 cm³/mol. The van der Waals surface area contributed by atoms with Gasteiger partial charge in [-0.3, -0.25) is 14.4 Å². The third-order valence-electron chi connectivity index (χ3n) is 6.06. The maximum absolute atomic E-state index is 13.0. The second kappa shape index (κ2) is 7.41. The number of H-pyrrole nitrogens is 1. The van der Waals surface area contributed by atoms with E-state index in [0.717, 1.165) is 42.3 Å². The molecule has 1 saturated heterocycles. The fourth-order valence-corrected chi connectivity index (χ4v) is 4.58. The largest absolute Gasteiger partial charge is 0.454 e. The van der Waals surface area contributed by atoms with Crippen LogP contribution >= 0.6 is 0 Å². The third-order valence-corrected chi connectivity index (χ3v) is 6.06. The van der Waals surface area contributed by atoms with Gasteiger partial charge in [0.2, 0.25) is 11.7 Å². The van der Waals surface area contributed by atoms with Gasteiger partial charge in [-0.15, -0.1) is 0 Å². The van der Waals surface area contributed by atoms with Gasteiger partial charge in [0.15, 0.2) is 6.10 Å². The Bertz CT molecular complexity index is 926. The maximum Gasteiger partial charge on any atom is 0.311 e. The Kier molecular flexibility index (Phi) is 4.96. The molecule has 2 fully saturated rings. The number of aromatic nitrogens is 1. The SMILES string of the molecule is Cc1[nH]c2ccccc2c1C(=O)[C@@H](C)OC(=O)[C@H]1CC(=O)N(C2CCCC2)C1. The van der Waals surface area contributed by atoms with Crippen molar-refractivity contribution in [2.75, 3.05) is 6.54 Å². The van der Waals surface area contributed by atoms with E-state index in [0.29, 0.717) is 12.1 Å². The molecule has 1 amide bonds. The van der Waals surface area contributed by atoms with Crippen molar-refractivity contribution in [3.63, 3.8) is 0 Å². The van der Waals surface area contributed by atoms with E-state index >= 15 is 0 Å². The molecule has 1 aromatic heterocycles. The van der Waals surface area contributed by atoms with Crippen LogP contribution < -0.4 is 0 Å². The minimum atomic E-state index is -0.888. The van der Waals surface area contributed by atoms with Crippen LogP contribution in [0.15, 0.2) is 24.3 Å². The lowest BCUT2D eigenvalue weighted by molar-refractivity contribution is -0.151. The number of ketones is 1. The Labute approximate surface area is 164 Å². The normalized spacial score (nSPS) is 21.4. The van der Waals surface area contributed by atoms with E-state index in [-0.39, 0.29) is 24.2 Å². The molecule has 2 heterocycles. The first kappa shape index (κ1) is 18.7. The van der Waals surface area contributed by atoms with Gasteiger partial charge in [-0.25, -0.2) is 0 Å². The number of aryl methyl sites for hydroxylation is 1. The first-order chi connectivity index (χ1) is 13.5. The molecule has 6 heteroatoms. The first-order valence-corrected chi connectivity index (χ1v) is 10.1. The van der Waals surface area contributed by atoms with Crippen LogP contribution in [0, 0.1) is 12.8 Å². The molecule has 1 aromatic carbocycles. The van der Waals surface area contributed by atoms with Crippen molar-refractivity contribution in [3.8, 4) is 0 Å². The molecule has 1 aliphatic heterocycles. The number of fused-ring (bicyclic) bond motifs is 1. The molecular formula is C22H26N2O4. The zero-order valence-corrected chi connectivity index (χ0v) is 16.4. The highest BCUT2D eigenvalue weighted by Gasteiger charge is 2.40. The summed E-state index contributed by atoms with van der Waals surface area (Å²) in [6.45, 7) is 3.86. The number of esters is 1. The molecule has 0 spiro atoms. The van der Waals surface area contributed by atoms with Crippen LogP contribution in [0.4, 0.5) is 0 Å². The van der Waals surface area contributed by atoms with Gasteiger partial charge in [-0.05, 0) is 32.8 Å². The smallest absolute Gasteiger partial charge is 0.311 e. The van der Waals surface area contributed by atoms with E-state index in [9.17, 15) is 14.4 Å². The molecule has 0 unspecified atom stereocenters. The number of aromatic amines is 1. The Morgan fingerprint density at radius 2 is 1.93 bits per heavy atom. The van der Waals surface area contributed by atoms with Crippen LogP contribution in [-0.4, -0.2) is 46.2 Å². The Morgan fingerprint density at radius 3 is 2.68 bits per heavy atom. The van der Waals surface area contributed by atoms with Crippen LogP contribution in [0.3, 0.4) is 0 Å². The van der Waals surface area contributed by atoms with Crippen LogP contribution in [0.2, 0.25) is 0 Å². The zero-order valence-electron chi connectivity index (χ0n) is 16.4. The summed E-state index contributed by atoms with van der Waals surface area (Å²) in [5.74, 6) is -1.12. The minimum absolute atomic E-state index is 0.0281. The molecule has 1 saturated carbocycles. The molecule has 1 N–H and O–H groups in total. The number of para-hydroxylation sites is 1. The van der Waals surface area contributed by atoms with Gasteiger partial charge in [-0.2, -0.15) is 0 Å². The molecule has 28 heavy (non-hydrogen) atoms. The van der Waals surface area contributed by atoms with E-state index in [1.54, 1.807) is 6.92 Å². The summed E-state index contributed by atoms with van der Waals surface area (Å²) in [4.78, 5) is 42.9. The van der Waals surface area contributed by atoms with Gasteiger partial charge < -0.3 is 14.6 Å². The number of rotatable bonds is 5. The molecule has 2 atom stereocenters. The number of Topliss-reactive ketones (excluding diaryl/α,β-unsaturated/α-hetero) is 1. The summed E-state index contributed by atoms with van der Waals surface area (Å²) in [6.07, 6.45) is 3.60. The molecular weight excluding hydrogens is 356 g/mol. The molecule has 2 aliphatic rings. The number of benzene rings is 1. The molecule has 4 rings (SSSR count). The van der Waals surface area contributed by atoms with Crippen molar-refractivity contribution in [1.29, 1.82) is 0 Å². The van der Waals surface area contributed by atoms with Gasteiger partial charge >= 0.3 is 5.97 Å². The number of amides is 1. The summed E-state index contributed by atoms with van der Waals surface area (Å²) in [6, 6.07) is 7.85. The fourth-order valence-electron chi connectivity index (χ4n) is 4.58. The highest BCUT2D eigenvalue weighted by atomic mass is 16.5. The molecule has 148 valence electrons. The summed E-state index contributed by atoms with van der Waals surface area (Å²) < 4.78 is 5.50. The number of nitrogens with zero attached hydrogens (tertiary/aromatic N) is 1. The summed E-state index contributed by atoms with van der Waals surface area (Å²) in [5.41, 5.74) is 2.21. The fraction of sp³-hybridized carbons (Fsp3) is 0.500. The Hall–Kier alpha value is -2.63. The quantitative estimate of drug-likeness (QED) is 0.635. The van der Waals surface area contributed by atoms with Crippen LogP contribution in [0.5, 0.6) is 0 Å². The van der Waals surface area contributed by atoms with Crippen molar-refractivity contribution < 1.29 is 19.1 Å². The number of hydrogen-bond acceptors (Lipinski definition) is 4. The van der Waals surface area contributed by atoms with Gasteiger partial charge in [0.05, 0.1) is 5.92 Å². The van der Waals surface area contributed by atoms with Crippen LogP contribution in [-0.2, 0) is 14.3 Å². The molecule has 2 aromatic rings. The van der Waals surface area contributed by atoms with Gasteiger partial charge in [0.25, 0.3) is 0 Å². The van der Waals surface area contributed by atoms with Gasteiger partial charge in [0.1, 0.15) is 0 Å². The lowest BCUT2D eigenvalue weighted by Gasteiger charge is -2.24. The second-order valence-electron chi connectivity index (χ2n) is 8.00. The lowest BCUT2D eigenvalue weighted by Crippen LogP contribution is -2.35. The van der Waals surface area contributed by atoms with Crippen molar-refractivity contribution in [1.82, 2.24) is 9.88 Å². The highest BCUT2D eigenvalue weighted by molar-refractivity contribution is 6.11. The van der Waals surface area contributed by atoms with E-state index in [1.165, 1.54) is 0 Å². The van der Waals surface area contributed by atoms with E-state index < -0.39 is 18.0 Å². The topological polar surface area (TPSA) is 79.5 Å². The van der Waals surface area contributed by atoms with Crippen molar-refractivity contribution >= 4 is 28.6 Å². The number of hydrogen-bond donors (Lipinski definition) is 1. The van der Waals surface area contributed by atoms with Crippen LogP contribution in [0.25, 0.3) is 10.9 Å². The zero-order chi connectivity index (χ0) is 19.8. The minimum Gasteiger partial charge on any atom is -0.454 e. The number of nitrogens with one attached hydrogen (secondary N) is 1.